The van der Waals surface area contributed by atoms with Gasteiger partial charge in [-0.1, -0.05) is 39.8 Å². The standard InChI is InChI=1S/C51H70N10O7S/c1-12-60-41-20-19-33-24-36(41)37(46(60)35-16-13-21-52-44(35)32(4)67-11)26-51(5,6)30-68-49(65)38-17-14-23-61(55-38)48(64)39(25-42-53-40(33)29-69-42)54-47(63)45(31(2)3)58(10)50(66)59-27-34(28-59)57(9)43(62)18-15-22-56(7)8/h13,15-16,18-21,24,29,31-32,34,38-39,45,55H,12,14,17,22-23,25-28,30H2,1-11H3,(H,54,63)/b18-15+/t32-,38-,39-,45-/m0/s1. The number of urea groups is 1. The fourth-order valence-corrected chi connectivity index (χ4v) is 10.5. The number of likely N-dealkylation sites (tertiary alicyclic amines) is 1. The maximum Gasteiger partial charge on any atom is 0.324 e. The second-order valence-electron chi connectivity index (χ2n) is 20.0. The molecule has 6 heterocycles. The van der Waals surface area contributed by atoms with Gasteiger partial charge in [-0.3, -0.25) is 29.2 Å². The number of nitrogens with zero attached hydrogens (tertiary/aromatic N) is 8. The van der Waals surface area contributed by atoms with E-state index in [0.29, 0.717) is 57.0 Å². The number of fused-ring (bicyclic) bond motifs is 6. The van der Waals surface area contributed by atoms with Gasteiger partial charge in [-0.2, -0.15) is 0 Å². The number of esters is 1. The van der Waals surface area contributed by atoms with Gasteiger partial charge in [-0.25, -0.2) is 15.2 Å². The number of carbonyl (C=O) groups is 5. The Balaban J connectivity index is 1.20. The zero-order chi connectivity index (χ0) is 49.9. The van der Waals surface area contributed by atoms with Crippen LogP contribution in [0.25, 0.3) is 33.4 Å². The van der Waals surface area contributed by atoms with Crippen LogP contribution in [0.3, 0.4) is 0 Å². The first-order chi connectivity index (χ1) is 32.8. The summed E-state index contributed by atoms with van der Waals surface area (Å²) in [7, 11) is 8.85. The van der Waals surface area contributed by atoms with Gasteiger partial charge in [0, 0.05) is 105 Å². The van der Waals surface area contributed by atoms with Crippen molar-refractivity contribution >= 4 is 52.0 Å². The van der Waals surface area contributed by atoms with Gasteiger partial charge in [0.2, 0.25) is 11.8 Å². The number of benzene rings is 1. The molecule has 0 saturated carbocycles. The van der Waals surface area contributed by atoms with Gasteiger partial charge in [-0.15, -0.1) is 11.3 Å². The zero-order valence-corrected chi connectivity index (χ0v) is 42.9. The third-order valence-corrected chi connectivity index (χ3v) is 14.4. The van der Waals surface area contributed by atoms with Crippen molar-refractivity contribution in [3.8, 4) is 22.5 Å². The minimum Gasteiger partial charge on any atom is -0.464 e. The molecular weight excluding hydrogens is 897 g/mol. The van der Waals surface area contributed by atoms with Crippen LogP contribution in [0.5, 0.6) is 0 Å². The number of ether oxygens (including phenoxy) is 2. The number of carbonyl (C=O) groups excluding carboxylic acids is 5. The molecule has 69 heavy (non-hydrogen) atoms. The molecule has 7 rings (SSSR count). The molecule has 372 valence electrons. The third-order valence-electron chi connectivity index (χ3n) is 13.5. The van der Waals surface area contributed by atoms with Crippen molar-refractivity contribution in [2.75, 3.05) is 68.1 Å². The lowest BCUT2D eigenvalue weighted by atomic mass is 9.84. The summed E-state index contributed by atoms with van der Waals surface area (Å²) < 4.78 is 14.2. The Morgan fingerprint density at radius 1 is 1.10 bits per heavy atom. The van der Waals surface area contributed by atoms with E-state index >= 15 is 0 Å². The Bertz CT molecular complexity index is 2560. The fraction of sp³-hybridized carbons (Fsp3) is 0.549. The molecule has 2 fully saturated rings. The highest BCUT2D eigenvalue weighted by Crippen LogP contribution is 2.42. The molecule has 4 aromatic rings. The van der Waals surface area contributed by atoms with Crippen molar-refractivity contribution in [2.45, 2.75) is 104 Å². The molecule has 3 aliphatic heterocycles. The number of rotatable bonds is 12. The topological polar surface area (TPSA) is 175 Å². The highest BCUT2D eigenvalue weighted by Gasteiger charge is 2.42. The molecule has 6 bridgehead atoms. The quantitative estimate of drug-likeness (QED) is 0.135. The van der Waals surface area contributed by atoms with Crippen molar-refractivity contribution in [1.82, 2.24) is 49.9 Å². The molecule has 0 radical (unpaired) electrons. The van der Waals surface area contributed by atoms with E-state index in [9.17, 15) is 24.0 Å². The lowest BCUT2D eigenvalue weighted by molar-refractivity contribution is -0.155. The Labute approximate surface area is 410 Å². The highest BCUT2D eigenvalue weighted by molar-refractivity contribution is 7.10. The van der Waals surface area contributed by atoms with Crippen LogP contribution in [0.4, 0.5) is 4.79 Å². The predicted octanol–water partition coefficient (Wildman–Crippen LogP) is 5.54. The van der Waals surface area contributed by atoms with Gasteiger partial charge in [0.15, 0.2) is 0 Å². The average Bonchev–Trinajstić information content (AvgIpc) is 3.90. The molecule has 5 amide bonds. The van der Waals surface area contributed by atoms with Crippen LogP contribution in [0.1, 0.15) is 76.8 Å². The third kappa shape index (κ3) is 11.2. The zero-order valence-electron chi connectivity index (χ0n) is 42.1. The van der Waals surface area contributed by atoms with Crippen molar-refractivity contribution in [3.63, 3.8) is 0 Å². The summed E-state index contributed by atoms with van der Waals surface area (Å²) in [6.07, 6.45) is 6.53. The number of likely N-dealkylation sites (N-methyl/N-ethyl adjacent to an activating group) is 3. The van der Waals surface area contributed by atoms with Crippen molar-refractivity contribution in [2.24, 2.45) is 11.3 Å². The van der Waals surface area contributed by atoms with Crippen LogP contribution in [-0.2, 0) is 48.0 Å². The SMILES string of the molecule is CCn1c(-c2cccnc2[C@H](C)OC)c2c3cc(ccc31)-c1csc(n1)C[C@H](NC(=O)[C@H](C(C)C)N(C)C(=O)N1CC(N(C)C(=O)/C=C/CN(C)C)C1)C(=O)N1CCC[C@H](N1)C(=O)OCC(C)(C)C2. The largest absolute Gasteiger partial charge is 0.464 e. The Kier molecular flexibility index (Phi) is 16.0. The van der Waals surface area contributed by atoms with Crippen molar-refractivity contribution in [1.29, 1.82) is 0 Å². The maximum absolute atomic E-state index is 14.7. The molecule has 3 aromatic heterocycles. The molecule has 17 nitrogen and oxygen atoms in total. The lowest BCUT2D eigenvalue weighted by Crippen LogP contribution is -2.66. The molecule has 2 saturated heterocycles. The van der Waals surface area contributed by atoms with E-state index in [1.165, 1.54) is 21.2 Å². The summed E-state index contributed by atoms with van der Waals surface area (Å²) in [5, 5.41) is 8.10. The van der Waals surface area contributed by atoms with E-state index in [1.807, 2.05) is 51.2 Å². The van der Waals surface area contributed by atoms with Crippen LogP contribution in [0.2, 0.25) is 0 Å². The minimum absolute atomic E-state index is 0.0711. The van der Waals surface area contributed by atoms with Crippen LogP contribution >= 0.6 is 11.3 Å². The van der Waals surface area contributed by atoms with E-state index in [2.05, 4.69) is 60.3 Å². The van der Waals surface area contributed by atoms with Crippen LogP contribution < -0.4 is 10.7 Å². The Morgan fingerprint density at radius 3 is 2.55 bits per heavy atom. The number of aromatic nitrogens is 3. The van der Waals surface area contributed by atoms with Gasteiger partial charge in [0.05, 0.1) is 40.8 Å². The number of thiazole rings is 1. The lowest BCUT2D eigenvalue weighted by Gasteiger charge is -2.46. The molecular formula is C51H70N10O7S. The van der Waals surface area contributed by atoms with E-state index in [1.54, 1.807) is 49.4 Å². The Hall–Kier alpha value is -5.69. The maximum atomic E-state index is 14.7. The van der Waals surface area contributed by atoms with Crippen molar-refractivity contribution < 1.29 is 33.4 Å². The average molecular weight is 967 g/mol. The number of hydrogen-bond acceptors (Lipinski definition) is 12. The molecule has 3 aliphatic rings. The van der Waals surface area contributed by atoms with Gasteiger partial charge in [0.1, 0.15) is 18.1 Å². The van der Waals surface area contributed by atoms with Crippen LogP contribution in [-0.4, -0.2) is 161 Å². The van der Waals surface area contributed by atoms with Crippen LogP contribution in [0, 0.1) is 11.3 Å². The second kappa shape index (κ2) is 21.5. The van der Waals surface area contributed by atoms with Gasteiger partial charge >= 0.3 is 12.0 Å². The number of methoxy groups -OCH3 is 1. The van der Waals surface area contributed by atoms with E-state index in [-0.39, 0.29) is 43.0 Å². The summed E-state index contributed by atoms with van der Waals surface area (Å²) in [6, 6.07) is 7.09. The van der Waals surface area contributed by atoms with E-state index in [4.69, 9.17) is 19.4 Å². The number of amides is 5. The van der Waals surface area contributed by atoms with E-state index < -0.39 is 41.3 Å². The molecule has 4 atom stereocenters. The monoisotopic (exact) mass is 967 g/mol. The molecule has 0 aliphatic carbocycles. The van der Waals surface area contributed by atoms with Crippen LogP contribution in [0.15, 0.2) is 54.1 Å². The normalized spacial score (nSPS) is 19.9. The first-order valence-electron chi connectivity index (χ1n) is 24.0. The number of aryl methyl sites for hydroxylation is 1. The number of hydrazine groups is 1. The summed E-state index contributed by atoms with van der Waals surface area (Å²) in [5.41, 5.74) is 9.25. The number of cyclic esters (lactones) is 1. The van der Waals surface area contributed by atoms with E-state index in [0.717, 1.165) is 44.7 Å². The molecule has 0 unspecified atom stereocenters. The first kappa shape index (κ1) is 51.2. The highest BCUT2D eigenvalue weighted by atomic mass is 32.1. The minimum atomic E-state index is -1.09. The summed E-state index contributed by atoms with van der Waals surface area (Å²) in [4.78, 5) is 86.3. The molecule has 2 N–H and O–H groups in total. The number of hydrogen-bond donors (Lipinski definition) is 2. The number of pyridine rings is 1. The molecule has 1 aromatic carbocycles. The van der Waals surface area contributed by atoms with Gasteiger partial charge < -0.3 is 39.0 Å². The summed E-state index contributed by atoms with van der Waals surface area (Å²) in [6.45, 7) is 14.5. The fourth-order valence-electron chi connectivity index (χ4n) is 9.61. The molecule has 0 spiro atoms. The smallest absolute Gasteiger partial charge is 0.324 e. The molecule has 18 heteroatoms. The first-order valence-corrected chi connectivity index (χ1v) is 24.9. The second-order valence-corrected chi connectivity index (χ2v) is 21.0. The van der Waals surface area contributed by atoms with Gasteiger partial charge in [-0.05, 0) is 83.0 Å². The Morgan fingerprint density at radius 2 is 1.86 bits per heavy atom. The summed E-state index contributed by atoms with van der Waals surface area (Å²) >= 11 is 1.41. The number of nitrogens with one attached hydrogen (secondary N) is 2. The van der Waals surface area contributed by atoms with Crippen molar-refractivity contribution in [3.05, 3.63) is 70.3 Å². The van der Waals surface area contributed by atoms with Gasteiger partial charge in [0.25, 0.3) is 5.91 Å². The predicted molar refractivity (Wildman–Crippen MR) is 267 cm³/mol. The summed E-state index contributed by atoms with van der Waals surface area (Å²) in [5.74, 6) is -1.84.